The Labute approximate surface area is 226 Å². The number of aromatic nitrogens is 3. The van der Waals surface area contributed by atoms with Crippen LogP contribution in [0.3, 0.4) is 0 Å². The van der Waals surface area contributed by atoms with Crippen molar-refractivity contribution in [3.8, 4) is 11.1 Å². The minimum atomic E-state index is -0.437. The van der Waals surface area contributed by atoms with Crippen LogP contribution in [0.4, 0.5) is 5.69 Å². The Hall–Kier alpha value is -4.71. The quantitative estimate of drug-likeness (QED) is 0.273. The molecule has 3 heterocycles. The minimum Gasteiger partial charge on any atom is -0.366 e. The monoisotopic (exact) mass is 510 g/mol. The lowest BCUT2D eigenvalue weighted by molar-refractivity contribution is 0.100. The maximum absolute atomic E-state index is 12.3. The maximum Gasteiger partial charge on any atom is 0.248 e. The zero-order valence-corrected chi connectivity index (χ0v) is 21.5. The summed E-state index contributed by atoms with van der Waals surface area (Å²) in [5, 5.41) is 5.66. The van der Waals surface area contributed by atoms with E-state index in [1.54, 1.807) is 6.20 Å². The Bertz CT molecular complexity index is 1840. The number of carbonyl (C=O) groups excluding carboxylic acids is 1. The van der Waals surface area contributed by atoms with Crippen molar-refractivity contribution in [3.63, 3.8) is 0 Å². The first-order valence-electron chi connectivity index (χ1n) is 13.4. The second-order valence-electron chi connectivity index (χ2n) is 10.2. The molecule has 1 saturated carbocycles. The first kappa shape index (κ1) is 23.4. The standard InChI is InChI=1S/C33H28N5O/c34-33(39)23-15-16-28-31(19-23)38(37(25-9-2-1-3-10-25)26-11-7-17-35-21-26)30-14-6-12-27(32(28)30)24-18-22-8-4-5-13-29(22)36-20-24/h1,4-8,11-21,25H,2-3,9-10H2,(H2,34,39). The van der Waals surface area contributed by atoms with E-state index in [2.05, 4.69) is 57.5 Å². The van der Waals surface area contributed by atoms with E-state index < -0.39 is 5.91 Å². The van der Waals surface area contributed by atoms with E-state index in [0.29, 0.717) is 5.56 Å². The molecule has 6 nitrogen and oxygen atoms in total. The molecule has 1 amide bonds. The van der Waals surface area contributed by atoms with Crippen molar-refractivity contribution in [2.45, 2.75) is 31.7 Å². The Kier molecular flexibility index (Phi) is 5.73. The molecule has 1 aliphatic carbocycles. The molecule has 0 spiro atoms. The third-order valence-electron chi connectivity index (χ3n) is 7.83. The van der Waals surface area contributed by atoms with Gasteiger partial charge in [0.05, 0.1) is 34.5 Å². The minimum absolute atomic E-state index is 0.279. The van der Waals surface area contributed by atoms with Gasteiger partial charge in [0.15, 0.2) is 0 Å². The second-order valence-corrected chi connectivity index (χ2v) is 10.2. The first-order chi connectivity index (χ1) is 19.2. The van der Waals surface area contributed by atoms with E-state index in [1.807, 2.05) is 54.9 Å². The summed E-state index contributed by atoms with van der Waals surface area (Å²) in [4.78, 5) is 21.5. The van der Waals surface area contributed by atoms with Gasteiger partial charge < -0.3 is 5.73 Å². The van der Waals surface area contributed by atoms with Crippen LogP contribution in [-0.2, 0) is 0 Å². The summed E-state index contributed by atoms with van der Waals surface area (Å²) in [6.45, 7) is 0. The van der Waals surface area contributed by atoms with Gasteiger partial charge in [0.2, 0.25) is 5.91 Å². The van der Waals surface area contributed by atoms with Gasteiger partial charge >= 0.3 is 0 Å². The number of nitrogens with two attached hydrogens (primary N) is 1. The topological polar surface area (TPSA) is 77.0 Å². The summed E-state index contributed by atoms with van der Waals surface area (Å²) in [5.74, 6) is -0.437. The number of hydrogen-bond donors (Lipinski definition) is 1. The number of nitrogens with zero attached hydrogens (tertiary/aromatic N) is 4. The van der Waals surface area contributed by atoms with Crippen molar-refractivity contribution in [2.24, 2.45) is 5.73 Å². The molecule has 6 aromatic rings. The van der Waals surface area contributed by atoms with Gasteiger partial charge in [0.25, 0.3) is 0 Å². The summed E-state index contributed by atoms with van der Waals surface area (Å²) in [7, 11) is 0. The summed E-state index contributed by atoms with van der Waals surface area (Å²) >= 11 is 0. The number of hydrogen-bond acceptors (Lipinski definition) is 4. The van der Waals surface area contributed by atoms with Crippen molar-refractivity contribution < 1.29 is 4.79 Å². The number of pyridine rings is 2. The molecule has 0 unspecified atom stereocenters. The van der Waals surface area contributed by atoms with E-state index in [0.717, 1.165) is 75.2 Å². The third-order valence-corrected chi connectivity index (χ3v) is 7.83. The van der Waals surface area contributed by atoms with Gasteiger partial charge in [0.1, 0.15) is 0 Å². The number of primary amides is 1. The van der Waals surface area contributed by atoms with Crippen molar-refractivity contribution in [3.05, 3.63) is 109 Å². The van der Waals surface area contributed by atoms with Gasteiger partial charge in [-0.1, -0.05) is 36.4 Å². The fourth-order valence-electron chi connectivity index (χ4n) is 6.02. The highest BCUT2D eigenvalue weighted by atomic mass is 16.1. The average molecular weight is 511 g/mol. The molecule has 7 rings (SSSR count). The highest BCUT2D eigenvalue weighted by Gasteiger charge is 2.27. The van der Waals surface area contributed by atoms with Crippen molar-refractivity contribution >= 4 is 44.3 Å². The fraction of sp³-hybridized carbons (Fsp3) is 0.152. The van der Waals surface area contributed by atoms with Crippen molar-refractivity contribution in [2.75, 3.05) is 5.01 Å². The number of amides is 1. The lowest BCUT2D eigenvalue weighted by Gasteiger charge is -2.37. The van der Waals surface area contributed by atoms with Gasteiger partial charge in [-0.3, -0.25) is 24.4 Å². The Balaban J connectivity index is 1.55. The number of para-hydroxylation sites is 1. The highest BCUT2D eigenvalue weighted by Crippen LogP contribution is 2.40. The van der Waals surface area contributed by atoms with E-state index in [9.17, 15) is 4.79 Å². The van der Waals surface area contributed by atoms with E-state index in [4.69, 9.17) is 10.7 Å². The molecular formula is C33H28N5O. The molecule has 0 atom stereocenters. The van der Waals surface area contributed by atoms with Crippen LogP contribution in [0.1, 0.15) is 36.0 Å². The number of benzene rings is 3. The molecule has 3 aromatic heterocycles. The van der Waals surface area contributed by atoms with Crippen LogP contribution in [-0.4, -0.2) is 26.6 Å². The first-order valence-corrected chi connectivity index (χ1v) is 13.4. The molecular weight excluding hydrogens is 482 g/mol. The SMILES string of the molecule is NC(=O)c1ccc2c3c(-c4cnc5ccccc5c4)cccc3n(N(c3cccnc3)C3CC[CH]CC3)c2c1. The molecule has 2 N–H and O–H groups in total. The Morgan fingerprint density at radius 2 is 1.77 bits per heavy atom. The van der Waals surface area contributed by atoms with Crippen molar-refractivity contribution in [1.29, 1.82) is 0 Å². The second kappa shape index (κ2) is 9.55. The number of rotatable bonds is 5. The van der Waals surface area contributed by atoms with Crippen LogP contribution < -0.4 is 10.7 Å². The Morgan fingerprint density at radius 3 is 2.59 bits per heavy atom. The normalized spacial score (nSPS) is 14.3. The van der Waals surface area contributed by atoms with Crippen LogP contribution in [0.5, 0.6) is 0 Å². The summed E-state index contributed by atoms with van der Waals surface area (Å²) in [6.07, 6.45) is 12.3. The van der Waals surface area contributed by atoms with Crippen LogP contribution in [0.25, 0.3) is 43.8 Å². The van der Waals surface area contributed by atoms with Gasteiger partial charge in [-0.15, -0.1) is 0 Å². The van der Waals surface area contributed by atoms with Gasteiger partial charge in [-0.25, -0.2) is 0 Å². The van der Waals surface area contributed by atoms with Crippen molar-refractivity contribution in [1.82, 2.24) is 14.6 Å². The largest absolute Gasteiger partial charge is 0.366 e. The fourth-order valence-corrected chi connectivity index (χ4v) is 6.02. The lowest BCUT2D eigenvalue weighted by Crippen LogP contribution is -2.41. The summed E-state index contributed by atoms with van der Waals surface area (Å²) < 4.78 is 2.28. The molecule has 39 heavy (non-hydrogen) atoms. The Morgan fingerprint density at radius 1 is 0.897 bits per heavy atom. The number of carbonyl (C=O) groups is 1. The van der Waals surface area contributed by atoms with E-state index in [-0.39, 0.29) is 6.04 Å². The molecule has 0 saturated heterocycles. The molecule has 0 bridgehead atoms. The smallest absolute Gasteiger partial charge is 0.248 e. The zero-order chi connectivity index (χ0) is 26.3. The molecule has 1 aliphatic rings. The summed E-state index contributed by atoms with van der Waals surface area (Å²) in [6, 6.07) is 27.0. The lowest BCUT2D eigenvalue weighted by atomic mass is 9.95. The van der Waals surface area contributed by atoms with E-state index in [1.165, 1.54) is 0 Å². The van der Waals surface area contributed by atoms with Gasteiger partial charge in [0, 0.05) is 39.7 Å². The molecule has 1 radical (unpaired) electrons. The van der Waals surface area contributed by atoms with E-state index >= 15 is 0 Å². The highest BCUT2D eigenvalue weighted by molar-refractivity contribution is 6.16. The average Bonchev–Trinajstić information content (AvgIpc) is 3.32. The molecule has 191 valence electrons. The predicted molar refractivity (Wildman–Crippen MR) is 157 cm³/mol. The van der Waals surface area contributed by atoms with Gasteiger partial charge in [-0.2, -0.15) is 0 Å². The summed E-state index contributed by atoms with van der Waals surface area (Å²) in [5.41, 5.74) is 12.4. The molecule has 3 aromatic carbocycles. The number of anilines is 1. The molecule has 1 fully saturated rings. The molecule has 6 heteroatoms. The molecule has 0 aliphatic heterocycles. The van der Waals surface area contributed by atoms with Gasteiger partial charge in [-0.05, 0) is 80.1 Å². The van der Waals surface area contributed by atoms with Crippen LogP contribution in [0, 0.1) is 6.42 Å². The van der Waals surface area contributed by atoms with Crippen LogP contribution in [0.2, 0.25) is 0 Å². The van der Waals surface area contributed by atoms with Crippen LogP contribution >= 0.6 is 0 Å². The number of fused-ring (bicyclic) bond motifs is 4. The maximum atomic E-state index is 12.3. The van der Waals surface area contributed by atoms with Crippen LogP contribution in [0.15, 0.2) is 97.5 Å². The zero-order valence-electron chi connectivity index (χ0n) is 21.5. The predicted octanol–water partition coefficient (Wildman–Crippen LogP) is 6.92. The third kappa shape index (κ3) is 4.00.